The predicted molar refractivity (Wildman–Crippen MR) is 87.6 cm³/mol. The lowest BCUT2D eigenvalue weighted by atomic mass is 10.00. The van der Waals surface area contributed by atoms with Crippen molar-refractivity contribution in [3.63, 3.8) is 0 Å². The molecule has 0 amide bonds. The zero-order chi connectivity index (χ0) is 15.1. The van der Waals surface area contributed by atoms with Crippen molar-refractivity contribution >= 4 is 5.69 Å². The minimum absolute atomic E-state index is 0.671. The Balaban J connectivity index is 1.86. The Morgan fingerprint density at radius 2 is 2.14 bits per heavy atom. The number of ether oxygens (including phenoxy) is 1. The summed E-state index contributed by atoms with van der Waals surface area (Å²) in [5, 5.41) is 3.45. The average Bonchev–Trinajstić information content (AvgIpc) is 2.48. The van der Waals surface area contributed by atoms with E-state index in [1.54, 1.807) is 0 Å². The van der Waals surface area contributed by atoms with E-state index in [1.807, 2.05) is 6.20 Å². The van der Waals surface area contributed by atoms with Gasteiger partial charge in [-0.3, -0.25) is 4.98 Å². The second-order valence-corrected chi connectivity index (χ2v) is 6.47. The fourth-order valence-corrected chi connectivity index (χ4v) is 2.71. The molecule has 1 aromatic rings. The summed E-state index contributed by atoms with van der Waals surface area (Å²) in [6, 6.07) is 4.30. The van der Waals surface area contributed by atoms with Crippen LogP contribution in [-0.4, -0.2) is 38.3 Å². The lowest BCUT2D eigenvalue weighted by molar-refractivity contribution is 0.0685. The molecule has 1 fully saturated rings. The first-order chi connectivity index (χ1) is 10.1. The van der Waals surface area contributed by atoms with E-state index in [-0.39, 0.29) is 0 Å². The van der Waals surface area contributed by atoms with Crippen LogP contribution < -0.4 is 10.2 Å². The van der Waals surface area contributed by atoms with Crippen molar-refractivity contribution in [2.45, 2.75) is 33.2 Å². The van der Waals surface area contributed by atoms with Gasteiger partial charge in [0.2, 0.25) is 0 Å². The van der Waals surface area contributed by atoms with Crippen LogP contribution in [0.4, 0.5) is 5.69 Å². The first-order valence-corrected chi connectivity index (χ1v) is 8.09. The normalized spacial score (nSPS) is 16.4. The van der Waals surface area contributed by atoms with Crippen LogP contribution in [0.1, 0.15) is 32.4 Å². The van der Waals surface area contributed by atoms with Crippen LogP contribution in [0.15, 0.2) is 18.3 Å². The van der Waals surface area contributed by atoms with Crippen molar-refractivity contribution in [1.82, 2.24) is 10.3 Å². The number of nitrogens with zero attached hydrogens (tertiary/aromatic N) is 2. The van der Waals surface area contributed by atoms with Crippen LogP contribution in [0.2, 0.25) is 0 Å². The number of hydrogen-bond acceptors (Lipinski definition) is 4. The number of anilines is 1. The smallest absolute Gasteiger partial charge is 0.0562 e. The van der Waals surface area contributed by atoms with Crippen molar-refractivity contribution < 1.29 is 4.74 Å². The van der Waals surface area contributed by atoms with Gasteiger partial charge in [0, 0.05) is 45.2 Å². The van der Waals surface area contributed by atoms with Gasteiger partial charge in [-0.25, -0.2) is 0 Å². The highest BCUT2D eigenvalue weighted by molar-refractivity contribution is 5.45. The van der Waals surface area contributed by atoms with E-state index >= 15 is 0 Å². The Bertz CT molecular complexity index is 416. The fraction of sp³-hybridized carbons (Fsp3) is 0.706. The third kappa shape index (κ3) is 5.64. The molecule has 0 unspecified atom stereocenters. The van der Waals surface area contributed by atoms with Gasteiger partial charge in [0.25, 0.3) is 0 Å². The molecular weight excluding hydrogens is 262 g/mol. The molecule has 1 N–H and O–H groups in total. The zero-order valence-corrected chi connectivity index (χ0v) is 13.6. The molecular formula is C17H29N3O. The van der Waals surface area contributed by atoms with E-state index in [0.717, 1.165) is 44.5 Å². The quantitative estimate of drug-likeness (QED) is 0.838. The standard InChI is InChI=1S/C17H29N3O/c1-14(2)11-18-12-16-10-17(4-7-19-16)20(3)13-15-5-8-21-9-6-15/h4,7,10,14-15,18H,5-6,8-9,11-13H2,1-3H3. The zero-order valence-electron chi connectivity index (χ0n) is 13.6. The molecule has 1 aromatic heterocycles. The van der Waals surface area contributed by atoms with Gasteiger partial charge in [0.1, 0.15) is 0 Å². The molecule has 0 aromatic carbocycles. The molecule has 0 radical (unpaired) electrons. The molecule has 0 saturated carbocycles. The molecule has 21 heavy (non-hydrogen) atoms. The molecule has 0 spiro atoms. The van der Waals surface area contributed by atoms with Gasteiger partial charge in [-0.05, 0) is 43.4 Å². The lowest BCUT2D eigenvalue weighted by Gasteiger charge is -2.28. The van der Waals surface area contributed by atoms with E-state index in [0.29, 0.717) is 5.92 Å². The Hall–Kier alpha value is -1.13. The summed E-state index contributed by atoms with van der Waals surface area (Å²) in [6.07, 6.45) is 4.28. The molecule has 4 heteroatoms. The number of rotatable bonds is 7. The molecule has 2 rings (SSSR count). The van der Waals surface area contributed by atoms with Gasteiger partial charge in [0.05, 0.1) is 5.69 Å². The van der Waals surface area contributed by atoms with Gasteiger partial charge in [-0.15, -0.1) is 0 Å². The van der Waals surface area contributed by atoms with Crippen molar-refractivity contribution in [3.05, 3.63) is 24.0 Å². The lowest BCUT2D eigenvalue weighted by Crippen LogP contribution is -2.29. The van der Waals surface area contributed by atoms with Crippen LogP contribution in [0, 0.1) is 11.8 Å². The summed E-state index contributed by atoms with van der Waals surface area (Å²) in [6.45, 7) is 9.25. The van der Waals surface area contributed by atoms with Gasteiger partial charge in [-0.2, -0.15) is 0 Å². The molecule has 0 aliphatic carbocycles. The summed E-state index contributed by atoms with van der Waals surface area (Å²) in [7, 11) is 2.18. The van der Waals surface area contributed by atoms with E-state index in [9.17, 15) is 0 Å². The number of nitrogens with one attached hydrogen (secondary N) is 1. The molecule has 0 bridgehead atoms. The number of hydrogen-bond donors (Lipinski definition) is 1. The average molecular weight is 291 g/mol. The monoisotopic (exact) mass is 291 g/mol. The summed E-state index contributed by atoms with van der Waals surface area (Å²) in [4.78, 5) is 6.81. The second-order valence-electron chi connectivity index (χ2n) is 6.47. The summed E-state index contributed by atoms with van der Waals surface area (Å²) in [5.74, 6) is 1.42. The minimum Gasteiger partial charge on any atom is -0.381 e. The van der Waals surface area contributed by atoms with E-state index in [2.05, 4.69) is 48.2 Å². The van der Waals surface area contributed by atoms with Crippen molar-refractivity contribution in [1.29, 1.82) is 0 Å². The Kier molecular flexibility index (Phi) is 6.46. The van der Waals surface area contributed by atoms with Gasteiger partial charge in [0.15, 0.2) is 0 Å². The van der Waals surface area contributed by atoms with E-state index in [4.69, 9.17) is 4.74 Å². The maximum absolute atomic E-state index is 5.43. The second kappa shape index (κ2) is 8.35. The van der Waals surface area contributed by atoms with Gasteiger partial charge in [-0.1, -0.05) is 13.8 Å². The van der Waals surface area contributed by atoms with E-state index in [1.165, 1.54) is 18.5 Å². The molecule has 4 nitrogen and oxygen atoms in total. The van der Waals surface area contributed by atoms with Crippen molar-refractivity contribution in [3.8, 4) is 0 Å². The Labute approximate surface area is 128 Å². The molecule has 118 valence electrons. The van der Waals surface area contributed by atoms with Crippen LogP contribution >= 0.6 is 0 Å². The summed E-state index contributed by atoms with van der Waals surface area (Å²) >= 11 is 0. The fourth-order valence-electron chi connectivity index (χ4n) is 2.71. The van der Waals surface area contributed by atoms with Crippen molar-refractivity contribution in [2.24, 2.45) is 11.8 Å². The van der Waals surface area contributed by atoms with Crippen molar-refractivity contribution in [2.75, 3.05) is 38.3 Å². The highest BCUT2D eigenvalue weighted by Crippen LogP contribution is 2.20. The van der Waals surface area contributed by atoms with E-state index < -0.39 is 0 Å². The third-order valence-corrected chi connectivity index (χ3v) is 3.97. The van der Waals surface area contributed by atoms with Crippen LogP contribution in [0.3, 0.4) is 0 Å². The molecule has 1 aliphatic heterocycles. The topological polar surface area (TPSA) is 37.4 Å². The summed E-state index contributed by atoms with van der Waals surface area (Å²) in [5.41, 5.74) is 2.38. The molecule has 0 atom stereocenters. The SMILES string of the molecule is CC(C)CNCc1cc(N(C)CC2CCOCC2)ccn1. The summed E-state index contributed by atoms with van der Waals surface area (Å²) < 4.78 is 5.43. The van der Waals surface area contributed by atoms with Crippen LogP contribution in [0.25, 0.3) is 0 Å². The van der Waals surface area contributed by atoms with Gasteiger partial charge < -0.3 is 15.0 Å². The largest absolute Gasteiger partial charge is 0.381 e. The minimum atomic E-state index is 0.671. The molecule has 1 aliphatic rings. The first-order valence-electron chi connectivity index (χ1n) is 8.09. The first kappa shape index (κ1) is 16.2. The maximum Gasteiger partial charge on any atom is 0.0562 e. The maximum atomic E-state index is 5.43. The number of pyridine rings is 1. The Morgan fingerprint density at radius 3 is 2.86 bits per heavy atom. The molecule has 2 heterocycles. The highest BCUT2D eigenvalue weighted by Gasteiger charge is 2.16. The Morgan fingerprint density at radius 1 is 1.38 bits per heavy atom. The third-order valence-electron chi connectivity index (χ3n) is 3.97. The van der Waals surface area contributed by atoms with Gasteiger partial charge >= 0.3 is 0 Å². The van der Waals surface area contributed by atoms with Crippen LogP contribution in [-0.2, 0) is 11.3 Å². The van der Waals surface area contributed by atoms with Crippen LogP contribution in [0.5, 0.6) is 0 Å². The predicted octanol–water partition coefficient (Wildman–Crippen LogP) is 2.69. The molecule has 1 saturated heterocycles. The highest BCUT2D eigenvalue weighted by atomic mass is 16.5. The number of aromatic nitrogens is 1.